The number of carbonyl (C=O) groups excluding carboxylic acids is 1. The lowest BCUT2D eigenvalue weighted by molar-refractivity contribution is -0.122. The molecule has 1 amide bonds. The average Bonchev–Trinajstić information content (AvgIpc) is 2.92. The maximum atomic E-state index is 12.3. The van der Waals surface area contributed by atoms with Gasteiger partial charge in [0.1, 0.15) is 12.3 Å². The number of aromatic amines is 1. The molecule has 7 heteroatoms. The number of aromatic nitrogens is 2. The number of aromatic hydroxyl groups is 1. The van der Waals surface area contributed by atoms with Gasteiger partial charge < -0.3 is 20.5 Å². The first-order valence-electron chi connectivity index (χ1n) is 7.92. The van der Waals surface area contributed by atoms with Gasteiger partial charge in [-0.1, -0.05) is 24.3 Å². The van der Waals surface area contributed by atoms with Crippen LogP contribution >= 0.6 is 0 Å². The first kappa shape index (κ1) is 16.8. The molecule has 3 rings (SSSR count). The Morgan fingerprint density at radius 1 is 1.16 bits per heavy atom. The van der Waals surface area contributed by atoms with Crippen LogP contribution in [0.15, 0.2) is 53.3 Å². The van der Waals surface area contributed by atoms with Crippen molar-refractivity contribution in [3.8, 4) is 5.75 Å². The fourth-order valence-electron chi connectivity index (χ4n) is 2.76. The van der Waals surface area contributed by atoms with Crippen LogP contribution in [0.4, 0.5) is 0 Å². The molecule has 0 aliphatic rings. The lowest BCUT2D eigenvalue weighted by atomic mass is 10.1. The lowest BCUT2D eigenvalue weighted by Gasteiger charge is -2.16. The second kappa shape index (κ2) is 7.23. The van der Waals surface area contributed by atoms with Crippen molar-refractivity contribution in [3.63, 3.8) is 0 Å². The van der Waals surface area contributed by atoms with Gasteiger partial charge in [0.15, 0.2) is 0 Å². The van der Waals surface area contributed by atoms with Gasteiger partial charge in [-0.25, -0.2) is 4.79 Å². The van der Waals surface area contributed by atoms with Crippen molar-refractivity contribution < 1.29 is 15.0 Å². The maximum absolute atomic E-state index is 12.3. The summed E-state index contributed by atoms with van der Waals surface area (Å²) in [5.74, 6) is -0.197. The second-order valence-electron chi connectivity index (χ2n) is 5.85. The highest BCUT2D eigenvalue weighted by Gasteiger charge is 2.15. The van der Waals surface area contributed by atoms with E-state index in [0.717, 1.165) is 5.56 Å². The smallest absolute Gasteiger partial charge is 0.326 e. The molecule has 0 aliphatic carbocycles. The van der Waals surface area contributed by atoms with Crippen molar-refractivity contribution in [2.45, 2.75) is 19.0 Å². The Balaban J connectivity index is 1.68. The van der Waals surface area contributed by atoms with Crippen LogP contribution in [0.1, 0.15) is 5.56 Å². The first-order chi connectivity index (χ1) is 12.1. The quantitative estimate of drug-likeness (QED) is 0.531. The van der Waals surface area contributed by atoms with Crippen LogP contribution in [0.25, 0.3) is 11.0 Å². The molecule has 4 N–H and O–H groups in total. The second-order valence-corrected chi connectivity index (χ2v) is 5.85. The Labute approximate surface area is 143 Å². The summed E-state index contributed by atoms with van der Waals surface area (Å²) in [5.41, 5.74) is 1.85. The molecular weight excluding hydrogens is 322 g/mol. The lowest BCUT2D eigenvalue weighted by Crippen LogP contribution is -2.41. The van der Waals surface area contributed by atoms with Crippen LogP contribution in [0.2, 0.25) is 0 Å². The van der Waals surface area contributed by atoms with Gasteiger partial charge in [-0.05, 0) is 36.2 Å². The van der Waals surface area contributed by atoms with Crippen molar-refractivity contribution in [1.29, 1.82) is 0 Å². The molecular formula is C18H19N3O4. The highest BCUT2D eigenvalue weighted by Crippen LogP contribution is 2.12. The molecule has 0 fully saturated rings. The third-order valence-corrected chi connectivity index (χ3v) is 3.99. The number of phenols is 1. The summed E-state index contributed by atoms with van der Waals surface area (Å²) < 4.78 is 1.36. The van der Waals surface area contributed by atoms with E-state index in [1.807, 2.05) is 6.07 Å². The van der Waals surface area contributed by atoms with Crippen LogP contribution in [-0.2, 0) is 17.8 Å². The van der Waals surface area contributed by atoms with E-state index in [2.05, 4.69) is 10.3 Å². The summed E-state index contributed by atoms with van der Waals surface area (Å²) in [7, 11) is 0. The molecule has 130 valence electrons. The number of phenolic OH excluding ortho intramolecular Hbond substituents is 1. The fourth-order valence-corrected chi connectivity index (χ4v) is 2.76. The first-order valence-corrected chi connectivity index (χ1v) is 7.92. The van der Waals surface area contributed by atoms with Crippen LogP contribution in [0.5, 0.6) is 5.75 Å². The molecule has 1 heterocycles. The molecule has 0 aliphatic heterocycles. The van der Waals surface area contributed by atoms with Gasteiger partial charge in [0.05, 0.1) is 23.7 Å². The predicted molar refractivity (Wildman–Crippen MR) is 93.4 cm³/mol. The van der Waals surface area contributed by atoms with E-state index in [0.29, 0.717) is 17.5 Å². The van der Waals surface area contributed by atoms with Crippen molar-refractivity contribution in [1.82, 2.24) is 14.9 Å². The number of aliphatic hydroxyl groups excluding tert-OH is 1. The summed E-state index contributed by atoms with van der Waals surface area (Å²) >= 11 is 0. The Morgan fingerprint density at radius 2 is 1.88 bits per heavy atom. The molecule has 0 saturated heterocycles. The van der Waals surface area contributed by atoms with Gasteiger partial charge in [0.25, 0.3) is 0 Å². The molecule has 0 unspecified atom stereocenters. The van der Waals surface area contributed by atoms with Crippen molar-refractivity contribution in [2.75, 3.05) is 6.61 Å². The van der Waals surface area contributed by atoms with E-state index in [9.17, 15) is 19.8 Å². The average molecular weight is 341 g/mol. The van der Waals surface area contributed by atoms with Gasteiger partial charge >= 0.3 is 5.69 Å². The number of amides is 1. The summed E-state index contributed by atoms with van der Waals surface area (Å²) in [5, 5.41) is 21.5. The van der Waals surface area contributed by atoms with E-state index in [4.69, 9.17) is 0 Å². The van der Waals surface area contributed by atoms with E-state index < -0.39 is 6.04 Å². The SMILES string of the molecule is O=C(Cn1c(=O)[nH]c2ccccc21)N[C@H](CO)Cc1ccc(O)cc1. The van der Waals surface area contributed by atoms with Crippen LogP contribution in [0.3, 0.4) is 0 Å². The van der Waals surface area contributed by atoms with Gasteiger partial charge in [-0.15, -0.1) is 0 Å². The summed E-state index contributed by atoms with van der Waals surface area (Å²) in [4.78, 5) is 27.0. The van der Waals surface area contributed by atoms with Crippen molar-refractivity contribution in [2.24, 2.45) is 0 Å². The molecule has 3 aromatic rings. The van der Waals surface area contributed by atoms with Gasteiger partial charge in [-0.3, -0.25) is 9.36 Å². The highest BCUT2D eigenvalue weighted by atomic mass is 16.3. The van der Waals surface area contributed by atoms with Crippen LogP contribution in [-0.4, -0.2) is 38.3 Å². The maximum Gasteiger partial charge on any atom is 0.326 e. The molecule has 0 radical (unpaired) electrons. The minimum absolute atomic E-state index is 0.130. The van der Waals surface area contributed by atoms with Crippen LogP contribution in [0, 0.1) is 0 Å². The van der Waals surface area contributed by atoms with Gasteiger partial charge in [-0.2, -0.15) is 0 Å². The van der Waals surface area contributed by atoms with Gasteiger partial charge in [0.2, 0.25) is 5.91 Å². The van der Waals surface area contributed by atoms with E-state index in [-0.39, 0.29) is 30.5 Å². The number of hydrogen-bond donors (Lipinski definition) is 4. The molecule has 1 atom stereocenters. The third kappa shape index (κ3) is 3.89. The number of para-hydroxylation sites is 2. The normalized spacial score (nSPS) is 12.2. The Bertz CT molecular complexity index is 927. The predicted octanol–water partition coefficient (Wildman–Crippen LogP) is 0.755. The summed E-state index contributed by atoms with van der Waals surface area (Å²) in [6.45, 7) is -0.357. The number of aliphatic hydroxyl groups is 1. The molecule has 2 aromatic carbocycles. The van der Waals surface area contributed by atoms with Crippen LogP contribution < -0.4 is 11.0 Å². The van der Waals surface area contributed by atoms with E-state index in [1.54, 1.807) is 42.5 Å². The minimum atomic E-state index is -0.474. The number of H-pyrrole nitrogens is 1. The fraction of sp³-hybridized carbons (Fsp3) is 0.222. The number of benzene rings is 2. The Hall–Kier alpha value is -3.06. The Kier molecular flexibility index (Phi) is 4.85. The molecule has 1 aromatic heterocycles. The topological polar surface area (TPSA) is 107 Å². The largest absolute Gasteiger partial charge is 0.508 e. The monoisotopic (exact) mass is 341 g/mol. The molecule has 0 spiro atoms. The molecule has 0 bridgehead atoms. The molecule has 7 nitrogen and oxygen atoms in total. The number of nitrogens with one attached hydrogen (secondary N) is 2. The van der Waals surface area contributed by atoms with Crippen molar-refractivity contribution >= 4 is 16.9 Å². The summed E-state index contributed by atoms with van der Waals surface area (Å²) in [6, 6.07) is 13.2. The molecule has 25 heavy (non-hydrogen) atoms. The third-order valence-electron chi connectivity index (χ3n) is 3.99. The summed E-state index contributed by atoms with van der Waals surface area (Å²) in [6.07, 6.45) is 0.422. The zero-order chi connectivity index (χ0) is 17.8. The van der Waals surface area contributed by atoms with Gasteiger partial charge in [0, 0.05) is 0 Å². The van der Waals surface area contributed by atoms with E-state index in [1.165, 1.54) is 4.57 Å². The zero-order valence-electron chi connectivity index (χ0n) is 13.5. The number of hydrogen-bond acceptors (Lipinski definition) is 4. The highest BCUT2D eigenvalue weighted by molar-refractivity contribution is 5.80. The number of fused-ring (bicyclic) bond motifs is 1. The number of nitrogens with zero attached hydrogens (tertiary/aromatic N) is 1. The standard InChI is InChI=1S/C18H19N3O4/c22-11-13(9-12-5-7-14(23)8-6-12)19-17(24)10-21-16-4-2-1-3-15(16)20-18(21)25/h1-8,13,22-23H,9-11H2,(H,19,24)(H,20,25)/t13-/m0/s1. The Morgan fingerprint density at radius 3 is 2.60 bits per heavy atom. The molecule has 0 saturated carbocycles. The number of imidazole rings is 1. The zero-order valence-corrected chi connectivity index (χ0v) is 13.5. The number of carbonyl (C=O) groups is 1. The minimum Gasteiger partial charge on any atom is -0.508 e. The number of rotatable bonds is 6. The van der Waals surface area contributed by atoms with Crippen molar-refractivity contribution in [3.05, 3.63) is 64.6 Å². The van der Waals surface area contributed by atoms with E-state index >= 15 is 0 Å².